The van der Waals surface area contributed by atoms with Crippen molar-refractivity contribution in [3.63, 3.8) is 0 Å². The zero-order chi connectivity index (χ0) is 9.28. The highest BCUT2D eigenvalue weighted by Crippen LogP contribution is 2.10. The highest BCUT2D eigenvalue weighted by atomic mass is 28.4. The van der Waals surface area contributed by atoms with Gasteiger partial charge in [-0.3, -0.25) is 0 Å². The van der Waals surface area contributed by atoms with Crippen molar-refractivity contribution in [3.05, 3.63) is 12.0 Å². The van der Waals surface area contributed by atoms with E-state index in [1.54, 1.807) is 0 Å². The van der Waals surface area contributed by atoms with Crippen LogP contribution in [-0.2, 0) is 0 Å². The monoisotopic (exact) mass is 189 g/mol. The van der Waals surface area contributed by atoms with E-state index < -0.39 is 16.5 Å². The molecule has 4 heteroatoms. The Morgan fingerprint density at radius 2 is 1.55 bits per heavy atom. The Hall–Kier alpha value is -0.0662. The molecule has 0 atom stereocenters. The van der Waals surface area contributed by atoms with Gasteiger partial charge in [0.25, 0.3) is 0 Å². The van der Waals surface area contributed by atoms with Crippen molar-refractivity contribution < 1.29 is 5.11 Å². The van der Waals surface area contributed by atoms with Gasteiger partial charge in [-0.2, -0.15) is 0 Å². The average molecular weight is 189 g/mol. The van der Waals surface area contributed by atoms with Gasteiger partial charge in [-0.25, -0.2) is 0 Å². The Bertz CT molecular complexity index is 160. The lowest BCUT2D eigenvalue weighted by Crippen LogP contribution is -2.58. The first kappa shape index (κ1) is 10.9. The average Bonchev–Trinajstić information content (AvgIpc) is 1.56. The van der Waals surface area contributed by atoms with Gasteiger partial charge in [0.2, 0.25) is 0 Å². The fourth-order valence-corrected chi connectivity index (χ4v) is 9.09. The van der Waals surface area contributed by atoms with E-state index in [9.17, 15) is 5.11 Å². The molecule has 0 heterocycles. The maximum absolute atomic E-state index is 9.27. The molecule has 0 fully saturated rings. The van der Waals surface area contributed by atoms with Crippen LogP contribution in [0.15, 0.2) is 12.0 Å². The maximum atomic E-state index is 9.27. The second-order valence-electron chi connectivity index (χ2n) is 4.45. The smallest absolute Gasteiger partial charge is 0.187 e. The van der Waals surface area contributed by atoms with Gasteiger partial charge >= 0.3 is 0 Å². The molecular weight excluding hydrogens is 170 g/mol. The number of aliphatic hydroxyl groups is 1. The van der Waals surface area contributed by atoms with Crippen molar-refractivity contribution >= 4 is 16.5 Å². The van der Waals surface area contributed by atoms with Crippen LogP contribution in [0.25, 0.3) is 0 Å². The molecule has 0 aliphatic heterocycles. The molecule has 0 radical (unpaired) electrons. The summed E-state index contributed by atoms with van der Waals surface area (Å²) in [5, 5.41) is 9.62. The molecule has 0 unspecified atom stereocenters. The van der Waals surface area contributed by atoms with E-state index in [0.29, 0.717) is 5.38 Å². The summed E-state index contributed by atoms with van der Waals surface area (Å²) in [7, 11) is -3.01. The SMILES string of the molecule is C=C(O)[Si](C)(C)N[Si](C)(C)C. The number of nitrogens with one attached hydrogen (secondary N) is 1. The van der Waals surface area contributed by atoms with E-state index in [0.717, 1.165) is 0 Å². The van der Waals surface area contributed by atoms with Crippen LogP contribution in [-0.4, -0.2) is 21.6 Å². The minimum Gasteiger partial charge on any atom is -0.516 e. The zero-order valence-corrected chi connectivity index (χ0v) is 10.2. The Kier molecular flexibility index (Phi) is 3.10. The van der Waals surface area contributed by atoms with Crippen LogP contribution in [0.5, 0.6) is 0 Å². The quantitative estimate of drug-likeness (QED) is 0.527. The zero-order valence-electron chi connectivity index (χ0n) is 8.15. The molecule has 0 saturated heterocycles. The van der Waals surface area contributed by atoms with Crippen molar-refractivity contribution in [2.24, 2.45) is 0 Å². The van der Waals surface area contributed by atoms with Gasteiger partial charge in [0, 0.05) is 0 Å². The first-order valence-electron chi connectivity index (χ1n) is 3.83. The van der Waals surface area contributed by atoms with Crippen LogP contribution in [0.3, 0.4) is 0 Å². The van der Waals surface area contributed by atoms with Crippen molar-refractivity contribution in [2.75, 3.05) is 0 Å². The molecule has 2 N–H and O–H groups in total. The summed E-state index contributed by atoms with van der Waals surface area (Å²) in [6.45, 7) is 14.4. The number of hydrogen-bond donors (Lipinski definition) is 2. The minimum atomic E-state index is -1.74. The van der Waals surface area contributed by atoms with E-state index in [2.05, 4.69) is 44.0 Å². The van der Waals surface area contributed by atoms with Gasteiger partial charge in [0.15, 0.2) is 8.24 Å². The molecule has 11 heavy (non-hydrogen) atoms. The molecule has 0 saturated carbocycles. The first-order valence-corrected chi connectivity index (χ1v) is 10.3. The summed E-state index contributed by atoms with van der Waals surface area (Å²) in [6, 6.07) is 0. The topological polar surface area (TPSA) is 32.3 Å². The highest BCUT2D eigenvalue weighted by molar-refractivity contribution is 6.93. The molecule has 66 valence electrons. The van der Waals surface area contributed by atoms with E-state index in [4.69, 9.17) is 0 Å². The fourth-order valence-electron chi connectivity index (χ4n) is 1.01. The fraction of sp³-hybridized carbons (Fsp3) is 0.714. The summed E-state index contributed by atoms with van der Waals surface area (Å²) in [5.41, 5.74) is 0. The summed E-state index contributed by atoms with van der Waals surface area (Å²) in [5.74, 6) is 0. The minimum absolute atomic E-state index is 0.347. The Morgan fingerprint density at radius 1 is 1.18 bits per heavy atom. The number of hydrogen-bond acceptors (Lipinski definition) is 2. The summed E-state index contributed by atoms with van der Waals surface area (Å²) in [4.78, 5) is 0. The molecule has 0 rings (SSSR count). The molecule has 0 amide bonds. The summed E-state index contributed by atoms with van der Waals surface area (Å²) >= 11 is 0. The van der Waals surface area contributed by atoms with Crippen molar-refractivity contribution in [1.29, 1.82) is 0 Å². The molecule has 0 bridgehead atoms. The molecule has 0 aliphatic carbocycles. The van der Waals surface area contributed by atoms with Gasteiger partial charge in [-0.1, -0.05) is 39.3 Å². The maximum Gasteiger partial charge on any atom is 0.187 e. The van der Waals surface area contributed by atoms with Crippen LogP contribution in [0.2, 0.25) is 32.7 Å². The molecule has 0 aromatic rings. The lowest BCUT2D eigenvalue weighted by atomic mass is 11.2. The third kappa shape index (κ3) is 4.39. The molecule has 0 aliphatic rings. The third-order valence-electron chi connectivity index (χ3n) is 1.41. The summed E-state index contributed by atoms with van der Waals surface area (Å²) < 4.78 is 3.52. The summed E-state index contributed by atoms with van der Waals surface area (Å²) in [6.07, 6.45) is 0. The Balaban J connectivity index is 4.25. The third-order valence-corrected chi connectivity index (χ3v) is 8.35. The molecule has 0 spiro atoms. The first-order chi connectivity index (χ1) is 4.65. The number of rotatable bonds is 3. The molecular formula is C7H19NOSi2. The second kappa shape index (κ2) is 3.12. The predicted molar refractivity (Wildman–Crippen MR) is 55.7 cm³/mol. The molecule has 2 nitrogen and oxygen atoms in total. The van der Waals surface area contributed by atoms with E-state index >= 15 is 0 Å². The van der Waals surface area contributed by atoms with Crippen LogP contribution in [0.1, 0.15) is 0 Å². The van der Waals surface area contributed by atoms with Gasteiger partial charge in [0.1, 0.15) is 8.24 Å². The van der Waals surface area contributed by atoms with Gasteiger partial charge in [-0.15, -0.1) is 0 Å². The Labute approximate surface area is 71.5 Å². The van der Waals surface area contributed by atoms with Crippen LogP contribution < -0.4 is 4.65 Å². The van der Waals surface area contributed by atoms with E-state index in [1.165, 1.54) is 0 Å². The van der Waals surface area contributed by atoms with Crippen molar-refractivity contribution in [1.82, 2.24) is 4.65 Å². The lowest BCUT2D eigenvalue weighted by Gasteiger charge is -2.30. The highest BCUT2D eigenvalue weighted by Gasteiger charge is 2.30. The largest absolute Gasteiger partial charge is 0.516 e. The lowest BCUT2D eigenvalue weighted by molar-refractivity contribution is 0.445. The normalized spacial score (nSPS) is 13.2. The standard InChI is InChI=1S/C7H19NOSi2/c1-7(9)11(5,6)8-10(2,3)4/h8-9H,1H2,2-6H3. The van der Waals surface area contributed by atoms with Gasteiger partial charge in [0.05, 0.1) is 5.38 Å². The van der Waals surface area contributed by atoms with Gasteiger partial charge < -0.3 is 9.75 Å². The predicted octanol–water partition coefficient (Wildman–Crippen LogP) is 2.23. The van der Waals surface area contributed by atoms with Crippen LogP contribution in [0.4, 0.5) is 0 Å². The van der Waals surface area contributed by atoms with E-state index in [1.807, 2.05) is 0 Å². The van der Waals surface area contributed by atoms with Crippen LogP contribution >= 0.6 is 0 Å². The number of aliphatic hydroxyl groups excluding tert-OH is 1. The van der Waals surface area contributed by atoms with E-state index in [-0.39, 0.29) is 0 Å². The Morgan fingerprint density at radius 3 is 1.64 bits per heavy atom. The van der Waals surface area contributed by atoms with Crippen molar-refractivity contribution in [2.45, 2.75) is 32.7 Å². The second-order valence-corrected chi connectivity index (χ2v) is 13.8. The molecule has 0 aromatic carbocycles. The molecule has 0 aromatic heterocycles. The van der Waals surface area contributed by atoms with Crippen LogP contribution in [0, 0.1) is 0 Å². The van der Waals surface area contributed by atoms with Gasteiger partial charge in [-0.05, 0) is 0 Å². The van der Waals surface area contributed by atoms with Crippen molar-refractivity contribution in [3.8, 4) is 0 Å².